The second-order valence-corrected chi connectivity index (χ2v) is 1.11. The van der Waals surface area contributed by atoms with Crippen LogP contribution in [0.15, 0.2) is 0 Å². The third-order valence-corrected chi connectivity index (χ3v) is 0.414. The highest BCUT2D eigenvalue weighted by atomic mass is 16.4. The number of aliphatic carboxylic acids is 1. The van der Waals surface area contributed by atoms with Crippen molar-refractivity contribution in [2.45, 2.75) is 0 Å². The van der Waals surface area contributed by atoms with Gasteiger partial charge in [0.1, 0.15) is 6.54 Å². The van der Waals surface area contributed by atoms with Crippen LogP contribution >= 0.6 is 0 Å². The van der Waals surface area contributed by atoms with E-state index in [4.69, 9.17) is 5.11 Å². The summed E-state index contributed by atoms with van der Waals surface area (Å²) in [5, 5.41) is 9.78. The second kappa shape index (κ2) is 3.07. The van der Waals surface area contributed by atoms with Crippen molar-refractivity contribution < 1.29 is 14.7 Å². The van der Waals surface area contributed by atoms with Crippen molar-refractivity contribution in [3.8, 4) is 0 Å². The summed E-state index contributed by atoms with van der Waals surface area (Å²) in [6, 6.07) is 0. The van der Waals surface area contributed by atoms with Gasteiger partial charge in [0.05, 0.1) is 0 Å². The lowest BCUT2D eigenvalue weighted by atomic mass is 10.1. The number of nitrogens with one attached hydrogen (secondary N) is 1. The van der Waals surface area contributed by atoms with Gasteiger partial charge in [-0.05, 0) is 0 Å². The molecule has 0 aliphatic rings. The largest absolute Gasteiger partial charge is 0.480 e. The number of hydrogen-bond acceptors (Lipinski definition) is 2. The first-order valence-corrected chi connectivity index (χ1v) is 1.88. The summed E-state index contributed by atoms with van der Waals surface area (Å²) in [5.41, 5.74) is 0. The van der Waals surface area contributed by atoms with E-state index in [1.165, 1.54) is 0 Å². The molecule has 0 unspecified atom stereocenters. The third-order valence-electron chi connectivity index (χ3n) is 0.414. The Morgan fingerprint density at radius 2 is 2.12 bits per heavy atom. The van der Waals surface area contributed by atoms with Crippen LogP contribution in [0.5, 0.6) is 0 Å². The Morgan fingerprint density at radius 3 is 2.25 bits per heavy atom. The van der Waals surface area contributed by atoms with Crippen molar-refractivity contribution in [2.75, 3.05) is 6.54 Å². The van der Waals surface area contributed by atoms with Gasteiger partial charge in [0.2, 0.25) is 7.85 Å². The van der Waals surface area contributed by atoms with E-state index in [0.29, 0.717) is 0 Å². The zero-order chi connectivity index (χ0) is 6.57. The van der Waals surface area contributed by atoms with Gasteiger partial charge in [0.15, 0.2) is 5.81 Å². The van der Waals surface area contributed by atoms with Crippen LogP contribution in [-0.2, 0) is 4.79 Å². The Morgan fingerprint density at radius 1 is 1.62 bits per heavy atom. The number of carboxylic acid groups (broad SMARTS) is 1. The molecule has 0 aromatic rings. The van der Waals surface area contributed by atoms with E-state index in [-0.39, 0.29) is 0 Å². The minimum absolute atomic E-state index is 0.421. The predicted molar refractivity (Wildman–Crippen MR) is 26.8 cm³/mol. The maximum Gasteiger partial charge on any atom is 0.322 e. The molecular formula is C3H4BNO3. The maximum absolute atomic E-state index is 9.75. The summed E-state index contributed by atoms with van der Waals surface area (Å²) in [5.74, 6) is -1.93. The number of rotatable bonds is 2. The van der Waals surface area contributed by atoms with Crippen LogP contribution in [0.2, 0.25) is 0 Å². The normalized spacial score (nSPS) is 8.00. The molecule has 0 rings (SSSR count). The van der Waals surface area contributed by atoms with Crippen LogP contribution in [-0.4, -0.2) is 31.3 Å². The van der Waals surface area contributed by atoms with Crippen molar-refractivity contribution >= 4 is 19.6 Å². The lowest BCUT2D eigenvalue weighted by Crippen LogP contribution is -2.27. The minimum atomic E-state index is -1.11. The van der Waals surface area contributed by atoms with E-state index in [1.54, 1.807) is 0 Å². The summed E-state index contributed by atoms with van der Waals surface area (Å²) in [6.45, 7) is -0.421. The van der Waals surface area contributed by atoms with Gasteiger partial charge < -0.3 is 10.4 Å². The molecular weight excluding hydrogens is 109 g/mol. The molecule has 2 radical (unpaired) electrons. The number of amides is 1. The summed E-state index contributed by atoms with van der Waals surface area (Å²) in [4.78, 5) is 19.4. The second-order valence-electron chi connectivity index (χ2n) is 1.11. The molecule has 0 aromatic carbocycles. The SMILES string of the molecule is [B]C(=O)NCC(=O)O. The molecule has 42 valence electrons. The van der Waals surface area contributed by atoms with Crippen LogP contribution in [0, 0.1) is 0 Å². The fraction of sp³-hybridized carbons (Fsp3) is 0.333. The topological polar surface area (TPSA) is 66.4 Å². The number of hydrogen-bond donors (Lipinski definition) is 2. The Kier molecular flexibility index (Phi) is 2.68. The predicted octanol–water partition coefficient (Wildman–Crippen LogP) is -1.05. The van der Waals surface area contributed by atoms with Crippen molar-refractivity contribution in [1.29, 1.82) is 0 Å². The molecule has 0 aliphatic heterocycles. The minimum Gasteiger partial charge on any atom is -0.480 e. The van der Waals surface area contributed by atoms with E-state index >= 15 is 0 Å². The quantitative estimate of drug-likeness (QED) is 0.449. The van der Waals surface area contributed by atoms with Crippen molar-refractivity contribution in [1.82, 2.24) is 5.32 Å². The first-order valence-electron chi connectivity index (χ1n) is 1.88. The molecule has 0 saturated heterocycles. The lowest BCUT2D eigenvalue weighted by Gasteiger charge is -1.92. The molecule has 0 aliphatic carbocycles. The van der Waals surface area contributed by atoms with Gasteiger partial charge in [-0.1, -0.05) is 0 Å². The Balaban J connectivity index is 3.18. The van der Waals surface area contributed by atoms with Crippen LogP contribution in [0.3, 0.4) is 0 Å². The summed E-state index contributed by atoms with van der Waals surface area (Å²) < 4.78 is 0. The van der Waals surface area contributed by atoms with Gasteiger partial charge in [-0.15, -0.1) is 0 Å². The number of carbonyl (C=O) groups excluding carboxylic acids is 1. The fourth-order valence-electron chi connectivity index (χ4n) is 0.163. The van der Waals surface area contributed by atoms with E-state index < -0.39 is 18.3 Å². The molecule has 0 saturated carbocycles. The highest BCUT2D eigenvalue weighted by Crippen LogP contribution is 1.59. The van der Waals surface area contributed by atoms with Gasteiger partial charge in [-0.2, -0.15) is 0 Å². The van der Waals surface area contributed by atoms with Gasteiger partial charge in [-0.25, -0.2) is 0 Å². The van der Waals surface area contributed by atoms with Gasteiger partial charge >= 0.3 is 5.97 Å². The molecule has 5 heteroatoms. The van der Waals surface area contributed by atoms with Gasteiger partial charge in [-0.3, -0.25) is 9.59 Å². The molecule has 0 heterocycles. The monoisotopic (exact) mass is 113 g/mol. The van der Waals surface area contributed by atoms with Crippen molar-refractivity contribution in [2.24, 2.45) is 0 Å². The molecule has 0 atom stereocenters. The highest BCUT2D eigenvalue weighted by molar-refractivity contribution is 6.57. The Labute approximate surface area is 47.3 Å². The zero-order valence-corrected chi connectivity index (χ0v) is 4.05. The number of carboxylic acids is 1. The van der Waals surface area contributed by atoms with Crippen LogP contribution < -0.4 is 5.32 Å². The Bertz CT molecular complexity index is 99.1. The lowest BCUT2D eigenvalue weighted by molar-refractivity contribution is -0.135. The van der Waals surface area contributed by atoms with E-state index in [2.05, 4.69) is 7.85 Å². The first-order chi connectivity index (χ1) is 3.63. The van der Waals surface area contributed by atoms with Gasteiger partial charge in [0, 0.05) is 0 Å². The van der Waals surface area contributed by atoms with Crippen molar-refractivity contribution in [3.63, 3.8) is 0 Å². The summed E-state index contributed by atoms with van der Waals surface area (Å²) >= 11 is 0. The standard InChI is InChI=1S/C3H4BNO3/c4-3(8)5-1-2(6)7/h1H2,(H,5,8)(H,6,7). The van der Waals surface area contributed by atoms with Crippen molar-refractivity contribution in [3.05, 3.63) is 0 Å². The Hall–Kier alpha value is -0.995. The van der Waals surface area contributed by atoms with Crippen LogP contribution in [0.1, 0.15) is 0 Å². The fourth-order valence-corrected chi connectivity index (χ4v) is 0.163. The first kappa shape index (κ1) is 7.00. The molecule has 0 spiro atoms. The average molecular weight is 113 g/mol. The summed E-state index contributed by atoms with van der Waals surface area (Å²) in [6.07, 6.45) is 0. The third kappa shape index (κ3) is 5.00. The van der Waals surface area contributed by atoms with Gasteiger partial charge in [0.25, 0.3) is 0 Å². The molecule has 0 fully saturated rings. The average Bonchev–Trinajstić information content (AvgIpc) is 1.61. The number of carbonyl (C=O) groups is 2. The van der Waals surface area contributed by atoms with E-state index in [0.717, 1.165) is 0 Å². The summed E-state index contributed by atoms with van der Waals surface area (Å²) in [7, 11) is 4.53. The molecule has 4 nitrogen and oxygen atoms in total. The van der Waals surface area contributed by atoms with E-state index in [1.807, 2.05) is 5.32 Å². The molecule has 0 bridgehead atoms. The highest BCUT2D eigenvalue weighted by Gasteiger charge is 1.94. The molecule has 8 heavy (non-hydrogen) atoms. The molecule has 1 amide bonds. The zero-order valence-electron chi connectivity index (χ0n) is 4.05. The van der Waals surface area contributed by atoms with Crippen LogP contribution in [0.4, 0.5) is 4.79 Å². The smallest absolute Gasteiger partial charge is 0.322 e. The van der Waals surface area contributed by atoms with E-state index in [9.17, 15) is 9.59 Å². The molecule has 2 N–H and O–H groups in total. The molecule has 0 aromatic heterocycles. The maximum atomic E-state index is 9.75. The van der Waals surface area contributed by atoms with Crippen LogP contribution in [0.25, 0.3) is 0 Å².